The predicted molar refractivity (Wildman–Crippen MR) is 72.3 cm³/mol. The van der Waals surface area contributed by atoms with Crippen LogP contribution in [0, 0.1) is 5.92 Å². The van der Waals surface area contributed by atoms with E-state index in [1.165, 1.54) is 17.0 Å². The minimum atomic E-state index is -4.56. The number of hydrogen-bond acceptors (Lipinski definition) is 2. The normalized spacial score (nSPS) is 13.1. The number of nitrogens with two attached hydrogens (primary N) is 1. The zero-order valence-corrected chi connectivity index (χ0v) is 11.8. The summed E-state index contributed by atoms with van der Waals surface area (Å²) in [6.07, 6.45) is -3.68. The van der Waals surface area contributed by atoms with Gasteiger partial charge in [0.05, 0.1) is 16.8 Å². The summed E-state index contributed by atoms with van der Waals surface area (Å²) >= 11 is 0. The van der Waals surface area contributed by atoms with E-state index < -0.39 is 23.3 Å². The SMILES string of the molecule is CCC(C)CN(C)C(=O)c1cccc(C(F)(F)F)c1N. The molecular formula is C14H19F3N2O. The standard InChI is InChI=1S/C14H19F3N2O/c1-4-9(2)8-19(3)13(20)10-6-5-7-11(12(10)18)14(15,16)17/h5-7,9H,4,8,18H2,1-3H3. The number of para-hydroxylation sites is 1. The number of anilines is 1. The first kappa shape index (κ1) is 16.3. The number of carbonyl (C=O) groups excluding carboxylic acids is 1. The van der Waals surface area contributed by atoms with E-state index in [0.717, 1.165) is 12.5 Å². The Bertz CT molecular complexity index is 486. The fourth-order valence-corrected chi connectivity index (χ4v) is 1.88. The van der Waals surface area contributed by atoms with Crippen LogP contribution >= 0.6 is 0 Å². The third kappa shape index (κ3) is 3.65. The molecule has 1 aromatic carbocycles. The topological polar surface area (TPSA) is 46.3 Å². The smallest absolute Gasteiger partial charge is 0.398 e. The molecule has 0 aliphatic heterocycles. The molecule has 0 fully saturated rings. The first-order valence-corrected chi connectivity index (χ1v) is 6.39. The van der Waals surface area contributed by atoms with E-state index in [4.69, 9.17) is 5.73 Å². The second-order valence-electron chi connectivity index (χ2n) is 4.96. The van der Waals surface area contributed by atoms with Crippen LogP contribution in [0.25, 0.3) is 0 Å². The van der Waals surface area contributed by atoms with Crippen molar-refractivity contribution in [3.8, 4) is 0 Å². The molecule has 6 heteroatoms. The number of nitrogens with zero attached hydrogens (tertiary/aromatic N) is 1. The summed E-state index contributed by atoms with van der Waals surface area (Å²) in [4.78, 5) is 13.6. The van der Waals surface area contributed by atoms with Gasteiger partial charge in [0.1, 0.15) is 0 Å². The van der Waals surface area contributed by atoms with Gasteiger partial charge in [-0.25, -0.2) is 0 Å². The molecule has 0 saturated carbocycles. The second-order valence-corrected chi connectivity index (χ2v) is 4.96. The minimum Gasteiger partial charge on any atom is -0.398 e. The Morgan fingerprint density at radius 3 is 2.50 bits per heavy atom. The third-order valence-electron chi connectivity index (χ3n) is 3.27. The minimum absolute atomic E-state index is 0.106. The fraction of sp³-hybridized carbons (Fsp3) is 0.500. The molecule has 3 nitrogen and oxygen atoms in total. The molecule has 20 heavy (non-hydrogen) atoms. The van der Waals surface area contributed by atoms with Crippen LogP contribution in [0.3, 0.4) is 0 Å². The highest BCUT2D eigenvalue weighted by molar-refractivity contribution is 5.99. The number of halogens is 3. The Labute approximate surface area is 116 Å². The number of nitrogen functional groups attached to an aromatic ring is 1. The molecule has 1 amide bonds. The molecule has 1 unspecified atom stereocenters. The Morgan fingerprint density at radius 2 is 2.00 bits per heavy atom. The maximum Gasteiger partial charge on any atom is 0.418 e. The van der Waals surface area contributed by atoms with Gasteiger partial charge in [-0.3, -0.25) is 4.79 Å². The monoisotopic (exact) mass is 288 g/mol. The van der Waals surface area contributed by atoms with E-state index in [1.54, 1.807) is 7.05 Å². The van der Waals surface area contributed by atoms with Crippen molar-refractivity contribution in [1.29, 1.82) is 0 Å². The van der Waals surface area contributed by atoms with Gasteiger partial charge in [-0.05, 0) is 18.1 Å². The quantitative estimate of drug-likeness (QED) is 0.863. The van der Waals surface area contributed by atoms with Crippen molar-refractivity contribution >= 4 is 11.6 Å². The molecule has 112 valence electrons. The largest absolute Gasteiger partial charge is 0.418 e. The summed E-state index contributed by atoms with van der Waals surface area (Å²) in [5.74, 6) is -0.218. The molecule has 0 aliphatic carbocycles. The van der Waals surface area contributed by atoms with Gasteiger partial charge in [0.25, 0.3) is 5.91 Å². The molecule has 0 aliphatic rings. The van der Waals surface area contributed by atoms with Gasteiger partial charge in [-0.1, -0.05) is 26.3 Å². The molecule has 0 heterocycles. The van der Waals surface area contributed by atoms with Crippen LogP contribution in [0.15, 0.2) is 18.2 Å². The summed E-state index contributed by atoms with van der Waals surface area (Å²) in [6.45, 7) is 4.44. The fourth-order valence-electron chi connectivity index (χ4n) is 1.88. The number of alkyl halides is 3. The molecule has 1 atom stereocenters. The van der Waals surface area contributed by atoms with E-state index in [0.29, 0.717) is 6.54 Å². The number of benzene rings is 1. The van der Waals surface area contributed by atoms with Gasteiger partial charge in [0, 0.05) is 13.6 Å². The van der Waals surface area contributed by atoms with Crippen molar-refractivity contribution in [2.45, 2.75) is 26.4 Å². The van der Waals surface area contributed by atoms with Crippen molar-refractivity contribution in [1.82, 2.24) is 4.90 Å². The number of hydrogen-bond donors (Lipinski definition) is 1. The van der Waals surface area contributed by atoms with Crippen molar-refractivity contribution < 1.29 is 18.0 Å². The molecule has 0 bridgehead atoms. The van der Waals surface area contributed by atoms with E-state index in [9.17, 15) is 18.0 Å². The first-order valence-electron chi connectivity index (χ1n) is 6.39. The van der Waals surface area contributed by atoms with Crippen LogP contribution < -0.4 is 5.73 Å². The average Bonchev–Trinajstić information content (AvgIpc) is 2.36. The predicted octanol–water partition coefficient (Wildman–Crippen LogP) is 3.41. The van der Waals surface area contributed by atoms with Gasteiger partial charge >= 0.3 is 6.18 Å². The highest BCUT2D eigenvalue weighted by Crippen LogP contribution is 2.35. The molecule has 0 radical (unpaired) electrons. The van der Waals surface area contributed by atoms with Gasteiger partial charge in [0.15, 0.2) is 0 Å². The van der Waals surface area contributed by atoms with E-state index in [1.807, 2.05) is 13.8 Å². The van der Waals surface area contributed by atoms with Crippen molar-refractivity contribution in [2.75, 3.05) is 19.3 Å². The Balaban J connectivity index is 3.06. The molecule has 0 saturated heterocycles. The van der Waals surface area contributed by atoms with E-state index in [2.05, 4.69) is 0 Å². The third-order valence-corrected chi connectivity index (χ3v) is 3.27. The number of rotatable bonds is 4. The van der Waals surface area contributed by atoms with Gasteiger partial charge in [-0.2, -0.15) is 13.2 Å². The maximum atomic E-state index is 12.8. The highest BCUT2D eigenvalue weighted by atomic mass is 19.4. The zero-order valence-electron chi connectivity index (χ0n) is 11.8. The van der Waals surface area contributed by atoms with Crippen molar-refractivity contribution in [3.63, 3.8) is 0 Å². The molecule has 1 rings (SSSR count). The van der Waals surface area contributed by atoms with Gasteiger partial charge < -0.3 is 10.6 Å². The number of carbonyl (C=O) groups is 1. The van der Waals surface area contributed by atoms with Crippen LogP contribution in [0.2, 0.25) is 0 Å². The lowest BCUT2D eigenvalue weighted by atomic mass is 10.0. The Hall–Kier alpha value is -1.72. The van der Waals surface area contributed by atoms with Gasteiger partial charge in [0.2, 0.25) is 0 Å². The zero-order chi connectivity index (χ0) is 15.5. The van der Waals surface area contributed by atoms with Crippen LogP contribution in [-0.2, 0) is 6.18 Å². The molecule has 0 aromatic heterocycles. The first-order chi connectivity index (χ1) is 9.18. The van der Waals surface area contributed by atoms with Crippen LogP contribution in [0.4, 0.5) is 18.9 Å². The van der Waals surface area contributed by atoms with Gasteiger partial charge in [-0.15, -0.1) is 0 Å². The average molecular weight is 288 g/mol. The Kier molecular flexibility index (Phi) is 5.03. The van der Waals surface area contributed by atoms with Crippen LogP contribution in [-0.4, -0.2) is 24.4 Å². The summed E-state index contributed by atoms with van der Waals surface area (Å²) in [6, 6.07) is 3.39. The molecule has 1 aromatic rings. The molecular weight excluding hydrogens is 269 g/mol. The molecule has 2 N–H and O–H groups in total. The van der Waals surface area contributed by atoms with Crippen LogP contribution in [0.1, 0.15) is 36.2 Å². The maximum absolute atomic E-state index is 12.8. The highest BCUT2D eigenvalue weighted by Gasteiger charge is 2.34. The Morgan fingerprint density at radius 1 is 1.40 bits per heavy atom. The lowest BCUT2D eigenvalue weighted by Gasteiger charge is -2.22. The lowest BCUT2D eigenvalue weighted by Crippen LogP contribution is -2.31. The van der Waals surface area contributed by atoms with E-state index >= 15 is 0 Å². The lowest BCUT2D eigenvalue weighted by molar-refractivity contribution is -0.136. The number of amides is 1. The van der Waals surface area contributed by atoms with E-state index in [-0.39, 0.29) is 11.5 Å². The summed E-state index contributed by atoms with van der Waals surface area (Å²) < 4.78 is 38.3. The summed E-state index contributed by atoms with van der Waals surface area (Å²) in [7, 11) is 1.56. The summed E-state index contributed by atoms with van der Waals surface area (Å²) in [5, 5.41) is 0. The summed E-state index contributed by atoms with van der Waals surface area (Å²) in [5.41, 5.74) is 3.91. The second kappa shape index (κ2) is 6.15. The van der Waals surface area contributed by atoms with Crippen LogP contribution in [0.5, 0.6) is 0 Å². The van der Waals surface area contributed by atoms with Crippen molar-refractivity contribution in [2.24, 2.45) is 5.92 Å². The van der Waals surface area contributed by atoms with Crippen molar-refractivity contribution in [3.05, 3.63) is 29.3 Å². The molecule has 0 spiro atoms.